The van der Waals surface area contributed by atoms with Crippen LogP contribution in [0, 0.1) is 16.7 Å². The minimum absolute atomic E-state index is 0.0247. The maximum absolute atomic E-state index is 12.6. The zero-order valence-corrected chi connectivity index (χ0v) is 11.8. The Morgan fingerprint density at radius 3 is 2.83 bits per heavy atom. The van der Waals surface area contributed by atoms with Crippen LogP contribution in [0.15, 0.2) is 12.2 Å². The number of carbonyl (C=O) groups is 1. The van der Waals surface area contributed by atoms with Crippen LogP contribution in [-0.4, -0.2) is 29.7 Å². The smallest absolute Gasteiger partial charge is 0.231 e. The SMILES string of the molecule is CC(C)(C)[C@@H]1CN2C(=O)[C@]3(C)CCC=C[C@@H]3[C@H]2O1. The minimum atomic E-state index is -0.220. The normalized spacial score (nSPS) is 43.2. The Morgan fingerprint density at radius 2 is 2.17 bits per heavy atom. The molecule has 0 bridgehead atoms. The second-order valence-corrected chi connectivity index (χ2v) is 7.25. The highest BCUT2D eigenvalue weighted by Gasteiger charge is 2.60. The summed E-state index contributed by atoms with van der Waals surface area (Å²) in [6.45, 7) is 9.41. The summed E-state index contributed by atoms with van der Waals surface area (Å²) >= 11 is 0. The maximum atomic E-state index is 12.6. The molecule has 0 radical (unpaired) electrons. The van der Waals surface area contributed by atoms with Crippen LogP contribution in [0.3, 0.4) is 0 Å². The second-order valence-electron chi connectivity index (χ2n) is 7.25. The van der Waals surface area contributed by atoms with Crippen molar-refractivity contribution in [3.8, 4) is 0 Å². The van der Waals surface area contributed by atoms with Gasteiger partial charge in [-0.2, -0.15) is 0 Å². The molecular weight excluding hydrogens is 226 g/mol. The van der Waals surface area contributed by atoms with E-state index >= 15 is 0 Å². The van der Waals surface area contributed by atoms with E-state index in [0.29, 0.717) is 5.91 Å². The highest BCUT2D eigenvalue weighted by molar-refractivity contribution is 5.86. The number of fused-ring (bicyclic) bond motifs is 3. The van der Waals surface area contributed by atoms with Crippen LogP contribution in [-0.2, 0) is 9.53 Å². The molecule has 100 valence electrons. The van der Waals surface area contributed by atoms with Crippen LogP contribution in [0.1, 0.15) is 40.5 Å². The number of hydrogen-bond donors (Lipinski definition) is 0. The Morgan fingerprint density at radius 1 is 1.44 bits per heavy atom. The Kier molecular flexibility index (Phi) is 2.44. The largest absolute Gasteiger partial charge is 0.352 e. The first-order valence-electron chi connectivity index (χ1n) is 6.97. The molecule has 2 heterocycles. The molecule has 0 saturated carbocycles. The van der Waals surface area contributed by atoms with Gasteiger partial charge in [-0.1, -0.05) is 32.9 Å². The average Bonchev–Trinajstić information content (AvgIpc) is 2.79. The maximum Gasteiger partial charge on any atom is 0.231 e. The van der Waals surface area contributed by atoms with Gasteiger partial charge in [-0.15, -0.1) is 0 Å². The van der Waals surface area contributed by atoms with E-state index in [-0.39, 0.29) is 29.1 Å². The number of rotatable bonds is 0. The molecule has 0 aromatic carbocycles. The molecule has 3 nitrogen and oxygen atoms in total. The lowest BCUT2D eigenvalue weighted by Crippen LogP contribution is -2.39. The van der Waals surface area contributed by atoms with E-state index in [2.05, 4.69) is 39.8 Å². The fourth-order valence-corrected chi connectivity index (χ4v) is 3.51. The van der Waals surface area contributed by atoms with E-state index in [4.69, 9.17) is 4.74 Å². The van der Waals surface area contributed by atoms with Crippen molar-refractivity contribution in [1.29, 1.82) is 0 Å². The lowest BCUT2D eigenvalue weighted by molar-refractivity contribution is -0.136. The first-order valence-corrected chi connectivity index (χ1v) is 6.97. The molecule has 2 aliphatic heterocycles. The molecule has 1 aliphatic carbocycles. The molecule has 0 aromatic heterocycles. The number of ether oxygens (including phenoxy) is 1. The van der Waals surface area contributed by atoms with Gasteiger partial charge in [0.05, 0.1) is 18.1 Å². The highest BCUT2D eigenvalue weighted by Crippen LogP contribution is 2.51. The molecule has 0 spiro atoms. The molecule has 0 aromatic rings. The Balaban J connectivity index is 1.90. The third kappa shape index (κ3) is 1.49. The molecule has 0 N–H and O–H groups in total. The van der Waals surface area contributed by atoms with Gasteiger partial charge in [-0.05, 0) is 25.2 Å². The van der Waals surface area contributed by atoms with Gasteiger partial charge in [0.15, 0.2) is 0 Å². The van der Waals surface area contributed by atoms with Gasteiger partial charge >= 0.3 is 0 Å². The lowest BCUT2D eigenvalue weighted by atomic mass is 9.72. The quantitative estimate of drug-likeness (QED) is 0.618. The van der Waals surface area contributed by atoms with Gasteiger partial charge in [0.25, 0.3) is 0 Å². The van der Waals surface area contributed by atoms with Crippen molar-refractivity contribution >= 4 is 5.91 Å². The summed E-state index contributed by atoms with van der Waals surface area (Å²) in [5.74, 6) is 0.541. The summed E-state index contributed by atoms with van der Waals surface area (Å²) in [5.41, 5.74) is -0.123. The predicted octanol–water partition coefficient (Wildman–Crippen LogP) is 2.57. The van der Waals surface area contributed by atoms with E-state index in [1.165, 1.54) is 0 Å². The minimum Gasteiger partial charge on any atom is -0.352 e. The van der Waals surface area contributed by atoms with Crippen LogP contribution in [0.4, 0.5) is 0 Å². The summed E-state index contributed by atoms with van der Waals surface area (Å²) in [5, 5.41) is 0. The molecule has 3 rings (SSSR count). The number of hydrogen-bond acceptors (Lipinski definition) is 2. The fraction of sp³-hybridized carbons (Fsp3) is 0.800. The molecular formula is C15H23NO2. The number of amides is 1. The average molecular weight is 249 g/mol. The van der Waals surface area contributed by atoms with E-state index < -0.39 is 0 Å². The molecule has 4 atom stereocenters. The zero-order chi connectivity index (χ0) is 13.1. The van der Waals surface area contributed by atoms with Crippen molar-refractivity contribution in [2.45, 2.75) is 52.9 Å². The van der Waals surface area contributed by atoms with Crippen LogP contribution in [0.5, 0.6) is 0 Å². The topological polar surface area (TPSA) is 29.5 Å². The van der Waals surface area contributed by atoms with Crippen LogP contribution in [0.2, 0.25) is 0 Å². The molecule has 1 amide bonds. The van der Waals surface area contributed by atoms with Crippen molar-refractivity contribution in [3.63, 3.8) is 0 Å². The van der Waals surface area contributed by atoms with Crippen molar-refractivity contribution in [1.82, 2.24) is 4.90 Å². The molecule has 2 fully saturated rings. The van der Waals surface area contributed by atoms with Gasteiger partial charge in [-0.3, -0.25) is 4.79 Å². The third-order valence-corrected chi connectivity index (χ3v) is 4.91. The number of allylic oxidation sites excluding steroid dienone is 1. The number of nitrogens with zero attached hydrogens (tertiary/aromatic N) is 1. The summed E-state index contributed by atoms with van der Waals surface area (Å²) in [6.07, 6.45) is 6.52. The standard InChI is InChI=1S/C15H23NO2/c1-14(2,3)11-9-16-12(18-11)10-7-5-6-8-15(10,4)13(16)17/h5,7,10-12H,6,8-9H2,1-4H3/t10-,11+,12-,15-/m1/s1. The van der Waals surface area contributed by atoms with E-state index in [0.717, 1.165) is 19.4 Å². The van der Waals surface area contributed by atoms with Gasteiger partial charge in [0.2, 0.25) is 5.91 Å². The first-order chi connectivity index (χ1) is 8.34. The van der Waals surface area contributed by atoms with Crippen LogP contribution >= 0.6 is 0 Å². The molecule has 2 saturated heterocycles. The summed E-state index contributed by atoms with van der Waals surface area (Å²) < 4.78 is 6.21. The summed E-state index contributed by atoms with van der Waals surface area (Å²) in [7, 11) is 0. The van der Waals surface area contributed by atoms with E-state index in [1.54, 1.807) is 0 Å². The van der Waals surface area contributed by atoms with Gasteiger partial charge in [0.1, 0.15) is 6.23 Å². The van der Waals surface area contributed by atoms with Crippen molar-refractivity contribution in [2.75, 3.05) is 6.54 Å². The molecule has 3 aliphatic rings. The Bertz CT molecular complexity index is 409. The van der Waals surface area contributed by atoms with Gasteiger partial charge in [-0.25, -0.2) is 0 Å². The monoisotopic (exact) mass is 249 g/mol. The van der Waals surface area contributed by atoms with Gasteiger partial charge < -0.3 is 9.64 Å². The van der Waals surface area contributed by atoms with E-state index in [1.807, 2.05) is 4.90 Å². The van der Waals surface area contributed by atoms with Crippen molar-refractivity contribution in [2.24, 2.45) is 16.7 Å². The van der Waals surface area contributed by atoms with E-state index in [9.17, 15) is 4.79 Å². The lowest BCUT2D eigenvalue weighted by Gasteiger charge is -2.33. The molecule has 0 unspecified atom stereocenters. The second kappa shape index (κ2) is 3.60. The number of carbonyl (C=O) groups excluding carboxylic acids is 1. The Hall–Kier alpha value is -0.830. The van der Waals surface area contributed by atoms with Crippen LogP contribution in [0.25, 0.3) is 0 Å². The molecule has 3 heteroatoms. The first kappa shape index (κ1) is 12.2. The zero-order valence-electron chi connectivity index (χ0n) is 11.8. The Labute approximate surface area is 109 Å². The van der Waals surface area contributed by atoms with Crippen molar-refractivity contribution < 1.29 is 9.53 Å². The summed E-state index contributed by atoms with van der Waals surface area (Å²) in [4.78, 5) is 14.6. The molecule has 18 heavy (non-hydrogen) atoms. The van der Waals surface area contributed by atoms with Crippen LogP contribution < -0.4 is 0 Å². The van der Waals surface area contributed by atoms with Gasteiger partial charge in [0, 0.05) is 5.92 Å². The third-order valence-electron chi connectivity index (χ3n) is 4.91. The highest BCUT2D eigenvalue weighted by atomic mass is 16.5. The van der Waals surface area contributed by atoms with Crippen molar-refractivity contribution in [3.05, 3.63) is 12.2 Å². The predicted molar refractivity (Wildman–Crippen MR) is 69.8 cm³/mol. The summed E-state index contributed by atoms with van der Waals surface area (Å²) in [6, 6.07) is 0. The fourth-order valence-electron chi connectivity index (χ4n) is 3.51.